The Kier molecular flexibility index (Phi) is 4.37. The van der Waals surface area contributed by atoms with Gasteiger partial charge in [0, 0.05) is 38.5 Å². The summed E-state index contributed by atoms with van der Waals surface area (Å²) in [6.45, 7) is 3.37. The molecule has 5 heteroatoms. The van der Waals surface area contributed by atoms with Crippen LogP contribution in [0, 0.1) is 6.92 Å². The lowest BCUT2D eigenvalue weighted by Crippen LogP contribution is -2.42. The Morgan fingerprint density at radius 3 is 3.00 bits per heavy atom. The Hall–Kier alpha value is -1.62. The number of hydrogen-bond acceptors (Lipinski definition) is 4. The summed E-state index contributed by atoms with van der Waals surface area (Å²) in [5, 5.41) is 2.98. The standard InChI is InChI=1S/C14H21N3O2/c1-10-7-11(8-13(15-2)16-10)14(18)17-6-4-5-12(9-17)19-3/h7-8,12H,4-6,9H2,1-3H3,(H,15,16). The molecule has 5 nitrogen and oxygen atoms in total. The summed E-state index contributed by atoms with van der Waals surface area (Å²) >= 11 is 0. The van der Waals surface area contributed by atoms with E-state index in [0.717, 1.165) is 30.9 Å². The van der Waals surface area contributed by atoms with E-state index in [2.05, 4.69) is 10.3 Å². The number of carbonyl (C=O) groups is 1. The molecule has 1 aliphatic heterocycles. The Labute approximate surface area is 114 Å². The maximum absolute atomic E-state index is 12.5. The van der Waals surface area contributed by atoms with E-state index in [1.54, 1.807) is 20.2 Å². The fraction of sp³-hybridized carbons (Fsp3) is 0.571. The van der Waals surface area contributed by atoms with Crippen molar-refractivity contribution in [3.8, 4) is 0 Å². The van der Waals surface area contributed by atoms with Crippen LogP contribution >= 0.6 is 0 Å². The van der Waals surface area contributed by atoms with Crippen molar-refractivity contribution in [2.45, 2.75) is 25.9 Å². The molecule has 1 saturated heterocycles. The smallest absolute Gasteiger partial charge is 0.254 e. The summed E-state index contributed by atoms with van der Waals surface area (Å²) in [6.07, 6.45) is 2.18. The first-order chi connectivity index (χ1) is 9.13. The van der Waals surface area contributed by atoms with E-state index in [9.17, 15) is 4.79 Å². The number of amides is 1. The normalized spacial score (nSPS) is 19.3. The number of ether oxygens (including phenoxy) is 1. The van der Waals surface area contributed by atoms with Gasteiger partial charge >= 0.3 is 0 Å². The Balaban J connectivity index is 2.16. The number of aromatic nitrogens is 1. The fourth-order valence-corrected chi connectivity index (χ4v) is 2.42. The topological polar surface area (TPSA) is 54.5 Å². The maximum Gasteiger partial charge on any atom is 0.254 e. The van der Waals surface area contributed by atoms with E-state index in [1.165, 1.54) is 0 Å². The van der Waals surface area contributed by atoms with Crippen molar-refractivity contribution in [3.05, 3.63) is 23.4 Å². The lowest BCUT2D eigenvalue weighted by molar-refractivity contribution is 0.0269. The van der Waals surface area contributed by atoms with Gasteiger partial charge < -0.3 is 15.0 Å². The van der Waals surface area contributed by atoms with Gasteiger partial charge in [-0.25, -0.2) is 4.98 Å². The molecule has 1 atom stereocenters. The predicted octanol–water partition coefficient (Wildman–Crippen LogP) is 1.68. The van der Waals surface area contributed by atoms with Crippen LogP contribution in [0.2, 0.25) is 0 Å². The van der Waals surface area contributed by atoms with E-state index in [0.29, 0.717) is 12.1 Å². The highest BCUT2D eigenvalue weighted by atomic mass is 16.5. The van der Waals surface area contributed by atoms with Crippen molar-refractivity contribution in [2.75, 3.05) is 32.6 Å². The monoisotopic (exact) mass is 263 g/mol. The van der Waals surface area contributed by atoms with Gasteiger partial charge in [-0.15, -0.1) is 0 Å². The molecule has 2 heterocycles. The van der Waals surface area contributed by atoms with Crippen LogP contribution in [-0.4, -0.2) is 49.1 Å². The van der Waals surface area contributed by atoms with Crippen molar-refractivity contribution < 1.29 is 9.53 Å². The number of anilines is 1. The van der Waals surface area contributed by atoms with Crippen molar-refractivity contribution in [3.63, 3.8) is 0 Å². The molecule has 0 aliphatic carbocycles. The number of likely N-dealkylation sites (tertiary alicyclic amines) is 1. The van der Waals surface area contributed by atoms with Crippen LogP contribution in [-0.2, 0) is 4.74 Å². The highest BCUT2D eigenvalue weighted by Gasteiger charge is 2.24. The summed E-state index contributed by atoms with van der Waals surface area (Å²) in [7, 11) is 3.51. The molecular formula is C14H21N3O2. The molecule has 1 N–H and O–H groups in total. The molecular weight excluding hydrogens is 242 g/mol. The van der Waals surface area contributed by atoms with Crippen molar-refractivity contribution in [1.82, 2.24) is 9.88 Å². The van der Waals surface area contributed by atoms with Gasteiger partial charge in [0.1, 0.15) is 5.82 Å². The summed E-state index contributed by atoms with van der Waals surface area (Å²) < 4.78 is 5.36. The number of rotatable bonds is 3. The van der Waals surface area contributed by atoms with E-state index in [-0.39, 0.29) is 12.0 Å². The van der Waals surface area contributed by atoms with Crippen molar-refractivity contribution in [1.29, 1.82) is 0 Å². The van der Waals surface area contributed by atoms with E-state index in [1.807, 2.05) is 17.9 Å². The Bertz CT molecular complexity index is 462. The summed E-state index contributed by atoms with van der Waals surface area (Å²) in [6, 6.07) is 3.63. The second kappa shape index (κ2) is 6.02. The van der Waals surface area contributed by atoms with Gasteiger partial charge in [-0.2, -0.15) is 0 Å². The van der Waals surface area contributed by atoms with Crippen molar-refractivity contribution >= 4 is 11.7 Å². The van der Waals surface area contributed by atoms with Crippen LogP contribution in [0.4, 0.5) is 5.82 Å². The zero-order valence-electron chi connectivity index (χ0n) is 11.8. The van der Waals surface area contributed by atoms with Crippen molar-refractivity contribution in [2.24, 2.45) is 0 Å². The first-order valence-electron chi connectivity index (χ1n) is 6.62. The van der Waals surface area contributed by atoms with Crippen LogP contribution in [0.25, 0.3) is 0 Å². The molecule has 1 amide bonds. The number of carbonyl (C=O) groups excluding carboxylic acids is 1. The Morgan fingerprint density at radius 1 is 1.53 bits per heavy atom. The predicted molar refractivity (Wildman–Crippen MR) is 74.5 cm³/mol. The SMILES string of the molecule is CNc1cc(C(=O)N2CCCC(OC)C2)cc(C)n1. The third-order valence-corrected chi connectivity index (χ3v) is 3.46. The molecule has 19 heavy (non-hydrogen) atoms. The fourth-order valence-electron chi connectivity index (χ4n) is 2.42. The molecule has 2 rings (SSSR count). The number of nitrogens with one attached hydrogen (secondary N) is 1. The molecule has 1 aliphatic rings. The number of aryl methyl sites for hydroxylation is 1. The number of pyridine rings is 1. The molecule has 0 saturated carbocycles. The van der Waals surface area contributed by atoms with Gasteiger partial charge in [0.25, 0.3) is 5.91 Å². The molecule has 1 unspecified atom stereocenters. The average Bonchev–Trinajstić information content (AvgIpc) is 2.45. The maximum atomic E-state index is 12.5. The molecule has 0 aromatic carbocycles. The zero-order valence-corrected chi connectivity index (χ0v) is 11.8. The molecule has 1 fully saturated rings. The molecule has 0 spiro atoms. The highest BCUT2D eigenvalue weighted by Crippen LogP contribution is 2.17. The van der Waals surface area contributed by atoms with Gasteiger partial charge in [-0.1, -0.05) is 0 Å². The van der Waals surface area contributed by atoms with Gasteiger partial charge in [-0.3, -0.25) is 4.79 Å². The third-order valence-electron chi connectivity index (χ3n) is 3.46. The first-order valence-corrected chi connectivity index (χ1v) is 6.62. The minimum atomic E-state index is 0.0590. The molecule has 0 bridgehead atoms. The zero-order chi connectivity index (χ0) is 13.8. The van der Waals surface area contributed by atoms with E-state index < -0.39 is 0 Å². The minimum absolute atomic E-state index is 0.0590. The molecule has 104 valence electrons. The van der Waals surface area contributed by atoms with E-state index in [4.69, 9.17) is 4.74 Å². The van der Waals surface area contributed by atoms with Gasteiger partial charge in [0.05, 0.1) is 6.10 Å². The second-order valence-electron chi connectivity index (χ2n) is 4.88. The number of piperidine rings is 1. The van der Waals surface area contributed by atoms with Crippen LogP contribution < -0.4 is 5.32 Å². The number of hydrogen-bond donors (Lipinski definition) is 1. The minimum Gasteiger partial charge on any atom is -0.380 e. The third kappa shape index (κ3) is 3.23. The lowest BCUT2D eigenvalue weighted by Gasteiger charge is -2.32. The van der Waals surface area contributed by atoms with Crippen LogP contribution in [0.5, 0.6) is 0 Å². The number of nitrogens with zero attached hydrogens (tertiary/aromatic N) is 2. The van der Waals surface area contributed by atoms with Crippen LogP contribution in [0.3, 0.4) is 0 Å². The molecule has 1 aromatic heterocycles. The van der Waals surface area contributed by atoms with Gasteiger partial charge in [0.15, 0.2) is 0 Å². The second-order valence-corrected chi connectivity index (χ2v) is 4.88. The van der Waals surface area contributed by atoms with Gasteiger partial charge in [-0.05, 0) is 31.9 Å². The van der Waals surface area contributed by atoms with E-state index >= 15 is 0 Å². The lowest BCUT2D eigenvalue weighted by atomic mass is 10.1. The summed E-state index contributed by atoms with van der Waals surface area (Å²) in [5.41, 5.74) is 1.53. The van der Waals surface area contributed by atoms with Crippen LogP contribution in [0.15, 0.2) is 12.1 Å². The van der Waals surface area contributed by atoms with Crippen LogP contribution in [0.1, 0.15) is 28.9 Å². The largest absolute Gasteiger partial charge is 0.380 e. The first kappa shape index (κ1) is 13.8. The molecule has 0 radical (unpaired) electrons. The number of methoxy groups -OCH3 is 1. The molecule has 1 aromatic rings. The summed E-state index contributed by atoms with van der Waals surface area (Å²) in [4.78, 5) is 18.7. The highest BCUT2D eigenvalue weighted by molar-refractivity contribution is 5.95. The quantitative estimate of drug-likeness (QED) is 0.901. The average molecular weight is 263 g/mol. The summed E-state index contributed by atoms with van der Waals surface area (Å²) in [5.74, 6) is 0.785. The Morgan fingerprint density at radius 2 is 2.32 bits per heavy atom. The van der Waals surface area contributed by atoms with Gasteiger partial charge in [0.2, 0.25) is 0 Å².